The second-order valence-electron chi connectivity index (χ2n) is 5.68. The Morgan fingerprint density at radius 1 is 1.18 bits per heavy atom. The summed E-state index contributed by atoms with van der Waals surface area (Å²) in [6, 6.07) is 8.82. The predicted molar refractivity (Wildman–Crippen MR) is 74.4 cm³/mol. The van der Waals surface area contributed by atoms with E-state index >= 15 is 0 Å². The van der Waals surface area contributed by atoms with Crippen molar-refractivity contribution < 1.29 is 0 Å². The Balaban J connectivity index is 1.65. The number of thioether (sulfide) groups is 1. The molecule has 3 rings (SSSR count). The van der Waals surface area contributed by atoms with E-state index in [0.29, 0.717) is 0 Å². The van der Waals surface area contributed by atoms with Crippen LogP contribution in [0.3, 0.4) is 0 Å². The minimum Gasteiger partial charge on any atom is -0.325 e. The van der Waals surface area contributed by atoms with Crippen LogP contribution in [0.5, 0.6) is 0 Å². The number of hydrogen-bond donors (Lipinski definition) is 1. The van der Waals surface area contributed by atoms with Crippen molar-refractivity contribution in [3.8, 4) is 0 Å². The van der Waals surface area contributed by atoms with Crippen molar-refractivity contribution in [2.45, 2.75) is 60.6 Å². The van der Waals surface area contributed by atoms with Crippen molar-refractivity contribution in [1.29, 1.82) is 0 Å². The molecule has 0 saturated heterocycles. The summed E-state index contributed by atoms with van der Waals surface area (Å²) in [5.74, 6) is 0. The molecule has 0 radical (unpaired) electrons. The first-order valence-corrected chi connectivity index (χ1v) is 7.67. The Labute approximate surface area is 108 Å². The summed E-state index contributed by atoms with van der Waals surface area (Å²) < 4.78 is 0. The van der Waals surface area contributed by atoms with Gasteiger partial charge in [-0.25, -0.2) is 0 Å². The van der Waals surface area contributed by atoms with Crippen LogP contribution >= 0.6 is 11.8 Å². The zero-order chi connectivity index (χ0) is 11.7. The Morgan fingerprint density at radius 3 is 2.71 bits per heavy atom. The van der Waals surface area contributed by atoms with Gasteiger partial charge in [0.05, 0.1) is 0 Å². The van der Waals surface area contributed by atoms with Crippen LogP contribution in [-0.4, -0.2) is 10.8 Å². The monoisotopic (exact) mass is 247 g/mol. The van der Waals surface area contributed by atoms with Crippen molar-refractivity contribution in [1.82, 2.24) is 0 Å². The van der Waals surface area contributed by atoms with E-state index in [1.165, 1.54) is 55.4 Å². The van der Waals surface area contributed by atoms with Crippen LogP contribution in [0.1, 0.15) is 44.1 Å². The largest absolute Gasteiger partial charge is 0.325 e. The zero-order valence-corrected chi connectivity index (χ0v) is 11.1. The van der Waals surface area contributed by atoms with Gasteiger partial charge >= 0.3 is 0 Å². The fraction of sp³-hybridized carbons (Fsp3) is 0.600. The lowest BCUT2D eigenvalue weighted by atomic mass is 9.79. The SMILES string of the molecule is NC1(CC2Cc3ccccc3S2)CCCCC1. The second kappa shape index (κ2) is 4.66. The Kier molecular flexibility index (Phi) is 3.18. The third kappa shape index (κ3) is 2.53. The molecule has 1 aliphatic carbocycles. The highest BCUT2D eigenvalue weighted by molar-refractivity contribution is 8.00. The summed E-state index contributed by atoms with van der Waals surface area (Å²) in [5.41, 5.74) is 8.23. The molecule has 1 aromatic rings. The summed E-state index contributed by atoms with van der Waals surface area (Å²) in [5, 5.41) is 0.718. The summed E-state index contributed by atoms with van der Waals surface area (Å²) in [4.78, 5) is 1.48. The van der Waals surface area contributed by atoms with Gasteiger partial charge in [0.25, 0.3) is 0 Å². The van der Waals surface area contributed by atoms with Crippen molar-refractivity contribution in [3.05, 3.63) is 29.8 Å². The van der Waals surface area contributed by atoms with E-state index in [9.17, 15) is 0 Å². The molecule has 0 aromatic heterocycles. The minimum atomic E-state index is 0.137. The maximum absolute atomic E-state index is 6.56. The first kappa shape index (κ1) is 11.6. The molecule has 1 atom stereocenters. The van der Waals surface area contributed by atoms with E-state index in [1.807, 2.05) is 11.8 Å². The third-order valence-electron chi connectivity index (χ3n) is 4.20. The molecular formula is C15H21NS. The summed E-state index contributed by atoms with van der Waals surface area (Å²) >= 11 is 2.05. The maximum atomic E-state index is 6.56. The number of fused-ring (bicyclic) bond motifs is 1. The molecule has 1 unspecified atom stereocenters. The molecule has 1 fully saturated rings. The van der Waals surface area contributed by atoms with Gasteiger partial charge in [-0.2, -0.15) is 0 Å². The lowest BCUT2D eigenvalue weighted by Gasteiger charge is -2.35. The molecule has 1 saturated carbocycles. The lowest BCUT2D eigenvalue weighted by Crippen LogP contribution is -2.43. The zero-order valence-electron chi connectivity index (χ0n) is 10.3. The lowest BCUT2D eigenvalue weighted by molar-refractivity contribution is 0.276. The third-order valence-corrected chi connectivity index (χ3v) is 5.52. The Bertz CT molecular complexity index is 371. The van der Waals surface area contributed by atoms with Crippen LogP contribution in [0.2, 0.25) is 0 Å². The van der Waals surface area contributed by atoms with E-state index in [-0.39, 0.29) is 5.54 Å². The fourth-order valence-corrected chi connectivity index (χ4v) is 4.78. The summed E-state index contributed by atoms with van der Waals surface area (Å²) in [7, 11) is 0. The van der Waals surface area contributed by atoms with Gasteiger partial charge in [0.2, 0.25) is 0 Å². The molecular weight excluding hydrogens is 226 g/mol. The normalized spacial score (nSPS) is 26.8. The first-order chi connectivity index (χ1) is 8.25. The van der Waals surface area contributed by atoms with Crippen molar-refractivity contribution in [2.75, 3.05) is 0 Å². The van der Waals surface area contributed by atoms with Gasteiger partial charge in [0, 0.05) is 15.7 Å². The van der Waals surface area contributed by atoms with E-state index in [0.717, 1.165) is 5.25 Å². The number of nitrogens with two attached hydrogens (primary N) is 1. The number of rotatable bonds is 2. The smallest absolute Gasteiger partial charge is 0.0165 e. The predicted octanol–water partition coefficient (Wildman–Crippen LogP) is 3.76. The van der Waals surface area contributed by atoms with Gasteiger partial charge in [0.1, 0.15) is 0 Å². The average Bonchev–Trinajstić information content (AvgIpc) is 2.71. The van der Waals surface area contributed by atoms with E-state index < -0.39 is 0 Å². The minimum absolute atomic E-state index is 0.137. The standard InChI is InChI=1S/C15H21NS/c16-15(8-4-1-5-9-15)11-13-10-12-6-2-3-7-14(12)17-13/h2-3,6-7,13H,1,4-5,8-11,16H2. The van der Waals surface area contributed by atoms with Crippen LogP contribution in [0, 0.1) is 0 Å². The maximum Gasteiger partial charge on any atom is 0.0165 e. The molecule has 2 aliphatic rings. The highest BCUT2D eigenvalue weighted by Gasteiger charge is 2.33. The average molecular weight is 247 g/mol. The molecule has 1 aromatic carbocycles. The number of hydrogen-bond acceptors (Lipinski definition) is 2. The van der Waals surface area contributed by atoms with E-state index in [1.54, 1.807) is 0 Å². The first-order valence-electron chi connectivity index (χ1n) is 6.79. The molecule has 1 aliphatic heterocycles. The summed E-state index contributed by atoms with van der Waals surface area (Å²) in [6.07, 6.45) is 8.95. The van der Waals surface area contributed by atoms with Gasteiger partial charge in [0.15, 0.2) is 0 Å². The van der Waals surface area contributed by atoms with Gasteiger partial charge < -0.3 is 5.73 Å². The fourth-order valence-electron chi connectivity index (χ4n) is 3.28. The van der Waals surface area contributed by atoms with Gasteiger partial charge in [-0.15, -0.1) is 11.8 Å². The molecule has 1 nitrogen and oxygen atoms in total. The molecule has 0 amide bonds. The van der Waals surface area contributed by atoms with Crippen LogP contribution in [0.4, 0.5) is 0 Å². The quantitative estimate of drug-likeness (QED) is 0.861. The van der Waals surface area contributed by atoms with Crippen LogP contribution in [0.15, 0.2) is 29.2 Å². The van der Waals surface area contributed by atoms with E-state index in [2.05, 4.69) is 24.3 Å². The Morgan fingerprint density at radius 2 is 1.94 bits per heavy atom. The van der Waals surface area contributed by atoms with Crippen molar-refractivity contribution in [2.24, 2.45) is 5.73 Å². The molecule has 0 spiro atoms. The molecule has 1 heterocycles. The molecule has 17 heavy (non-hydrogen) atoms. The summed E-state index contributed by atoms with van der Waals surface area (Å²) in [6.45, 7) is 0. The molecule has 92 valence electrons. The molecule has 2 N–H and O–H groups in total. The van der Waals surface area contributed by atoms with E-state index in [4.69, 9.17) is 5.73 Å². The highest BCUT2D eigenvalue weighted by Crippen LogP contribution is 2.42. The Hall–Kier alpha value is -0.470. The van der Waals surface area contributed by atoms with Crippen LogP contribution < -0.4 is 5.73 Å². The second-order valence-corrected chi connectivity index (χ2v) is 7.02. The number of benzene rings is 1. The van der Waals surface area contributed by atoms with Gasteiger partial charge in [-0.1, -0.05) is 37.5 Å². The topological polar surface area (TPSA) is 26.0 Å². The van der Waals surface area contributed by atoms with Crippen molar-refractivity contribution >= 4 is 11.8 Å². The molecule has 2 heteroatoms. The van der Waals surface area contributed by atoms with Crippen LogP contribution in [-0.2, 0) is 6.42 Å². The highest BCUT2D eigenvalue weighted by atomic mass is 32.2. The van der Waals surface area contributed by atoms with Crippen LogP contribution in [0.25, 0.3) is 0 Å². The van der Waals surface area contributed by atoms with Gasteiger partial charge in [-0.3, -0.25) is 0 Å². The van der Waals surface area contributed by atoms with Gasteiger partial charge in [-0.05, 0) is 37.3 Å². The molecule has 0 bridgehead atoms. The van der Waals surface area contributed by atoms with Crippen molar-refractivity contribution in [3.63, 3.8) is 0 Å².